The maximum absolute atomic E-state index is 12.5. The third kappa shape index (κ3) is 6.51. The van der Waals surface area contributed by atoms with Crippen molar-refractivity contribution in [3.63, 3.8) is 0 Å². The highest BCUT2D eigenvalue weighted by Gasteiger charge is 2.15. The number of aliphatic carboxylic acids is 1. The highest BCUT2D eigenvalue weighted by molar-refractivity contribution is 9.10. The van der Waals surface area contributed by atoms with E-state index in [-0.39, 0.29) is 12.4 Å². The number of aromatic nitrogens is 1. The second-order valence-electron chi connectivity index (χ2n) is 8.48. The van der Waals surface area contributed by atoms with Crippen LogP contribution in [-0.4, -0.2) is 33.9 Å². The van der Waals surface area contributed by atoms with E-state index in [0.717, 1.165) is 21.5 Å². The van der Waals surface area contributed by atoms with Crippen molar-refractivity contribution in [2.75, 3.05) is 0 Å². The van der Waals surface area contributed by atoms with Gasteiger partial charge < -0.3 is 23.6 Å². The molecule has 4 aromatic rings. The number of ether oxygens (including phenoxy) is 2. The number of aryl methyl sites for hydroxylation is 2. The Balaban J connectivity index is 1.33. The molecule has 2 aromatic heterocycles. The first-order valence-corrected chi connectivity index (χ1v) is 12.5. The number of hydrogen-bond acceptors (Lipinski definition) is 6. The van der Waals surface area contributed by atoms with Gasteiger partial charge in [-0.3, -0.25) is 4.79 Å². The lowest BCUT2D eigenvalue weighted by Crippen LogP contribution is -2.23. The van der Waals surface area contributed by atoms with E-state index in [1.54, 1.807) is 24.3 Å². The van der Waals surface area contributed by atoms with Gasteiger partial charge in [0.2, 0.25) is 0 Å². The van der Waals surface area contributed by atoms with Crippen molar-refractivity contribution in [3.8, 4) is 17.2 Å². The highest BCUT2D eigenvalue weighted by atomic mass is 79.9. The van der Waals surface area contributed by atoms with Gasteiger partial charge in [0.1, 0.15) is 23.9 Å². The number of carboxylic acids is 1. The number of hydrogen-bond donors (Lipinski definition) is 2. The van der Waals surface area contributed by atoms with Crippen molar-refractivity contribution in [1.82, 2.24) is 9.99 Å². The number of furan rings is 1. The van der Waals surface area contributed by atoms with Crippen molar-refractivity contribution >= 4 is 34.0 Å². The average molecular weight is 580 g/mol. The first-order chi connectivity index (χ1) is 18.2. The van der Waals surface area contributed by atoms with Crippen LogP contribution in [0.1, 0.15) is 40.2 Å². The number of nitrogens with zero attached hydrogens (tertiary/aromatic N) is 2. The Hall–Kier alpha value is -4.31. The van der Waals surface area contributed by atoms with E-state index in [1.165, 1.54) is 19.2 Å². The third-order valence-corrected chi connectivity index (χ3v) is 6.12. The summed E-state index contributed by atoms with van der Waals surface area (Å²) in [6.45, 7) is 5.69. The van der Waals surface area contributed by atoms with Gasteiger partial charge >= 0.3 is 11.9 Å². The second kappa shape index (κ2) is 11.8. The number of nitrogens with one attached hydrogen (secondary N) is 1. The first-order valence-electron chi connectivity index (χ1n) is 11.7. The Morgan fingerprint density at radius 3 is 2.47 bits per heavy atom. The Morgan fingerprint density at radius 1 is 1.08 bits per heavy atom. The van der Waals surface area contributed by atoms with Crippen LogP contribution in [-0.2, 0) is 11.4 Å². The van der Waals surface area contributed by atoms with Gasteiger partial charge in [-0.25, -0.2) is 10.2 Å². The van der Waals surface area contributed by atoms with Crippen LogP contribution in [0.25, 0.3) is 5.69 Å². The van der Waals surface area contributed by atoms with Crippen molar-refractivity contribution in [2.24, 2.45) is 5.10 Å². The quantitative estimate of drug-likeness (QED) is 0.185. The lowest BCUT2D eigenvalue weighted by molar-refractivity contribution is -0.144. The molecule has 0 aliphatic heterocycles. The van der Waals surface area contributed by atoms with Crippen molar-refractivity contribution in [3.05, 3.63) is 99.7 Å². The van der Waals surface area contributed by atoms with Crippen LogP contribution in [0, 0.1) is 13.8 Å². The maximum Gasteiger partial charge on any atom is 0.344 e. The number of benzene rings is 2. The van der Waals surface area contributed by atoms with E-state index in [2.05, 4.69) is 57.0 Å². The van der Waals surface area contributed by atoms with E-state index >= 15 is 0 Å². The number of rotatable bonds is 10. The zero-order valence-corrected chi connectivity index (χ0v) is 22.6. The van der Waals surface area contributed by atoms with Gasteiger partial charge in [-0.2, -0.15) is 5.10 Å². The minimum Gasteiger partial charge on any atom is -0.486 e. The molecule has 2 N–H and O–H groups in total. The van der Waals surface area contributed by atoms with E-state index in [4.69, 9.17) is 19.0 Å². The van der Waals surface area contributed by atoms with E-state index in [1.807, 2.05) is 24.3 Å². The topological polar surface area (TPSA) is 115 Å². The van der Waals surface area contributed by atoms with E-state index < -0.39 is 18.0 Å². The molecule has 0 aliphatic rings. The molecular weight excluding hydrogens is 554 g/mol. The summed E-state index contributed by atoms with van der Waals surface area (Å²) in [4.78, 5) is 23.6. The molecular formula is C28H26BrN3O6. The lowest BCUT2D eigenvalue weighted by atomic mass is 10.2. The molecule has 196 valence electrons. The molecule has 0 spiro atoms. The Bertz CT molecular complexity index is 1450. The van der Waals surface area contributed by atoms with E-state index in [9.17, 15) is 9.59 Å². The normalized spacial score (nSPS) is 11.9. The molecule has 9 nitrogen and oxygen atoms in total. The Kier molecular flexibility index (Phi) is 8.32. The second-order valence-corrected chi connectivity index (χ2v) is 9.40. The lowest BCUT2D eigenvalue weighted by Gasteiger charge is -2.12. The van der Waals surface area contributed by atoms with E-state index in [0.29, 0.717) is 22.8 Å². The molecule has 0 fully saturated rings. The minimum atomic E-state index is -1.10. The Morgan fingerprint density at radius 2 is 1.79 bits per heavy atom. The standard InChI is InChI=1S/C28H26BrN3O6/c1-17-4-5-18(2)32(17)22-7-9-23(10-8-22)36-16-24-11-13-26(38-24)27(33)31-30-15-20-14-21(29)6-12-25(20)37-19(3)28(34)35/h4-15,19H,16H2,1-3H3,(H,31,33)(H,34,35)/b30-15+/t19-/m0/s1. The number of carboxylic acid groups (broad SMARTS) is 1. The van der Waals surface area contributed by atoms with Gasteiger partial charge in [0.05, 0.1) is 6.21 Å². The summed E-state index contributed by atoms with van der Waals surface area (Å²) >= 11 is 3.35. The third-order valence-electron chi connectivity index (χ3n) is 5.63. The number of hydrazone groups is 1. The number of carbonyl (C=O) groups excluding carboxylic acids is 1. The zero-order chi connectivity index (χ0) is 27.2. The van der Waals surface area contributed by atoms with Crippen LogP contribution >= 0.6 is 15.9 Å². The minimum absolute atomic E-state index is 0.0693. The van der Waals surface area contributed by atoms with Crippen molar-refractivity contribution in [2.45, 2.75) is 33.5 Å². The number of amides is 1. The summed E-state index contributed by atoms with van der Waals surface area (Å²) in [7, 11) is 0. The van der Waals surface area contributed by atoms with Crippen LogP contribution in [0.5, 0.6) is 11.5 Å². The zero-order valence-electron chi connectivity index (χ0n) is 21.0. The molecule has 0 saturated heterocycles. The number of halogens is 1. The fourth-order valence-electron chi connectivity index (χ4n) is 3.68. The van der Waals surface area contributed by atoms with Gasteiger partial charge in [0.15, 0.2) is 11.9 Å². The SMILES string of the molecule is Cc1ccc(C)n1-c1ccc(OCc2ccc(C(=O)N/N=C/c3cc(Br)ccc3O[C@@H](C)C(=O)O)o2)cc1. The largest absolute Gasteiger partial charge is 0.486 e. The van der Waals surface area contributed by atoms with Crippen LogP contribution in [0.15, 0.2) is 80.7 Å². The highest BCUT2D eigenvalue weighted by Crippen LogP contribution is 2.23. The smallest absolute Gasteiger partial charge is 0.344 e. The van der Waals surface area contributed by atoms with Gasteiger partial charge in [-0.15, -0.1) is 0 Å². The molecule has 0 aliphatic carbocycles. The molecule has 10 heteroatoms. The average Bonchev–Trinajstić information content (AvgIpc) is 3.50. The van der Waals surface area contributed by atoms with Crippen LogP contribution in [0.3, 0.4) is 0 Å². The van der Waals surface area contributed by atoms with Gasteiger partial charge in [0, 0.05) is 27.1 Å². The first kappa shape index (κ1) is 26.7. The molecule has 0 bridgehead atoms. The predicted octanol–water partition coefficient (Wildman–Crippen LogP) is 5.64. The number of carbonyl (C=O) groups is 2. The van der Waals surface area contributed by atoms with Gasteiger partial charge in [-0.1, -0.05) is 15.9 Å². The molecule has 0 saturated carbocycles. The van der Waals surface area contributed by atoms with Crippen LogP contribution in [0.2, 0.25) is 0 Å². The summed E-state index contributed by atoms with van der Waals surface area (Å²) in [6.07, 6.45) is 0.312. The molecule has 1 amide bonds. The molecule has 38 heavy (non-hydrogen) atoms. The van der Waals surface area contributed by atoms with Gasteiger partial charge in [0.25, 0.3) is 0 Å². The fraction of sp³-hybridized carbons (Fsp3) is 0.179. The summed E-state index contributed by atoms with van der Waals surface area (Å²) in [5.41, 5.74) is 6.23. The molecule has 0 unspecified atom stereocenters. The molecule has 2 heterocycles. The molecule has 2 aromatic carbocycles. The molecule has 0 radical (unpaired) electrons. The summed E-state index contributed by atoms with van der Waals surface area (Å²) < 4.78 is 19.7. The molecule has 4 rings (SSSR count). The summed E-state index contributed by atoms with van der Waals surface area (Å²) in [5.74, 6) is -0.116. The van der Waals surface area contributed by atoms with Crippen molar-refractivity contribution in [1.29, 1.82) is 0 Å². The maximum atomic E-state index is 12.5. The summed E-state index contributed by atoms with van der Waals surface area (Å²) in [5, 5.41) is 13.0. The Labute approximate surface area is 227 Å². The summed E-state index contributed by atoms with van der Waals surface area (Å²) in [6, 6.07) is 20.1. The van der Waals surface area contributed by atoms with Crippen LogP contribution < -0.4 is 14.9 Å². The monoisotopic (exact) mass is 579 g/mol. The van der Waals surface area contributed by atoms with Gasteiger partial charge in [-0.05, 0) is 87.5 Å². The predicted molar refractivity (Wildman–Crippen MR) is 145 cm³/mol. The van der Waals surface area contributed by atoms with Crippen molar-refractivity contribution < 1.29 is 28.6 Å². The van der Waals surface area contributed by atoms with Crippen LogP contribution in [0.4, 0.5) is 0 Å². The fourth-order valence-corrected chi connectivity index (χ4v) is 4.06. The molecule has 1 atom stereocenters.